The maximum atomic E-state index is 14.0. The fourth-order valence-electron chi connectivity index (χ4n) is 2.03. The topological polar surface area (TPSA) is 56.6 Å². The van der Waals surface area contributed by atoms with Crippen LogP contribution < -0.4 is 4.74 Å². The third kappa shape index (κ3) is 4.30. The maximum Gasteiger partial charge on any atom is 0.410 e. The number of alkyl halides is 3. The average Bonchev–Trinajstić information content (AvgIpc) is 2.93. The minimum atomic E-state index is -2.84. The van der Waals surface area contributed by atoms with E-state index in [2.05, 4.69) is 21.0 Å². The number of carbonyl (C=O) groups excluding carboxylic acids is 1. The molecule has 0 unspecified atom stereocenters. The Morgan fingerprint density at radius 3 is 2.61 bits per heavy atom. The second kappa shape index (κ2) is 6.58. The van der Waals surface area contributed by atoms with E-state index in [1.165, 1.54) is 4.90 Å². The number of hydrogen-bond donors (Lipinski definition) is 0. The van der Waals surface area contributed by atoms with Crippen LogP contribution in [0.15, 0.2) is 10.8 Å². The zero-order valence-electron chi connectivity index (χ0n) is 12.8. The average molecular weight is 400 g/mol. The van der Waals surface area contributed by atoms with Crippen molar-refractivity contribution in [2.24, 2.45) is 0 Å². The van der Waals surface area contributed by atoms with Crippen molar-refractivity contribution in [3.05, 3.63) is 10.8 Å². The molecule has 0 bridgehead atoms. The Morgan fingerprint density at radius 1 is 1.43 bits per heavy atom. The number of amides is 1. The van der Waals surface area contributed by atoms with Crippen LogP contribution in [-0.2, 0) is 4.74 Å². The van der Waals surface area contributed by atoms with Gasteiger partial charge in [-0.25, -0.2) is 9.18 Å². The van der Waals surface area contributed by atoms with Gasteiger partial charge in [-0.15, -0.1) is 0 Å². The Bertz CT molecular complexity index is 577. The van der Waals surface area contributed by atoms with Gasteiger partial charge in [0, 0.05) is 0 Å². The lowest BCUT2D eigenvalue weighted by Crippen LogP contribution is -2.36. The Kier molecular flexibility index (Phi) is 5.12. The Balaban J connectivity index is 2.01. The highest BCUT2D eigenvalue weighted by Crippen LogP contribution is 2.31. The van der Waals surface area contributed by atoms with E-state index in [4.69, 9.17) is 9.47 Å². The summed E-state index contributed by atoms with van der Waals surface area (Å²) in [5.41, 5.74) is -0.691. The van der Waals surface area contributed by atoms with Crippen LogP contribution in [0.1, 0.15) is 27.3 Å². The number of carbonyl (C=O) groups is 1. The Morgan fingerprint density at radius 2 is 2.09 bits per heavy atom. The van der Waals surface area contributed by atoms with Crippen molar-refractivity contribution in [3.8, 4) is 5.75 Å². The summed E-state index contributed by atoms with van der Waals surface area (Å²) in [6.07, 6.45) is -2.01. The molecule has 2 atom stereocenters. The first-order chi connectivity index (χ1) is 10.6. The summed E-state index contributed by atoms with van der Waals surface area (Å²) in [5.74, 6) is -0.0102. The zero-order chi connectivity index (χ0) is 17.4. The van der Waals surface area contributed by atoms with E-state index >= 15 is 0 Å². The van der Waals surface area contributed by atoms with Crippen LogP contribution in [0.5, 0.6) is 5.75 Å². The molecule has 0 aliphatic carbocycles. The highest BCUT2D eigenvalue weighted by molar-refractivity contribution is 9.10. The van der Waals surface area contributed by atoms with Crippen molar-refractivity contribution < 1.29 is 27.4 Å². The van der Waals surface area contributed by atoms with Crippen molar-refractivity contribution in [2.75, 3.05) is 13.1 Å². The van der Waals surface area contributed by atoms with Gasteiger partial charge in [-0.05, 0) is 36.7 Å². The minimum absolute atomic E-state index is 0.0102. The van der Waals surface area contributed by atoms with Crippen molar-refractivity contribution in [1.82, 2.24) is 14.7 Å². The molecule has 0 saturated carbocycles. The molecule has 23 heavy (non-hydrogen) atoms. The van der Waals surface area contributed by atoms with Crippen molar-refractivity contribution >= 4 is 22.0 Å². The molecule has 0 N–H and O–H groups in total. The molecule has 1 saturated heterocycles. The fraction of sp³-hybridized carbons (Fsp3) is 0.692. The van der Waals surface area contributed by atoms with E-state index in [1.807, 2.05) is 0 Å². The van der Waals surface area contributed by atoms with Gasteiger partial charge in [0.05, 0.1) is 19.3 Å². The number of rotatable bonds is 3. The molecule has 1 aliphatic heterocycles. The van der Waals surface area contributed by atoms with E-state index in [0.717, 1.165) is 6.20 Å². The molecule has 130 valence electrons. The molecule has 6 nitrogen and oxygen atoms in total. The summed E-state index contributed by atoms with van der Waals surface area (Å²) in [7, 11) is 0. The quantitative estimate of drug-likeness (QED) is 0.781. The van der Waals surface area contributed by atoms with Gasteiger partial charge in [-0.3, -0.25) is 0 Å². The number of likely N-dealkylation sites (tertiary alicyclic amines) is 1. The summed E-state index contributed by atoms with van der Waals surface area (Å²) >= 11 is 2.93. The van der Waals surface area contributed by atoms with Gasteiger partial charge in [0.2, 0.25) is 0 Å². The molecule has 1 aromatic rings. The highest BCUT2D eigenvalue weighted by Gasteiger charge is 2.39. The first-order valence-corrected chi connectivity index (χ1v) is 7.67. The molecular formula is C13H17BrF3N3O3. The third-order valence-electron chi connectivity index (χ3n) is 3.02. The lowest BCUT2D eigenvalue weighted by molar-refractivity contribution is 0.0273. The predicted octanol–water partition coefficient (Wildman–Crippen LogP) is 3.38. The van der Waals surface area contributed by atoms with E-state index in [1.54, 1.807) is 20.8 Å². The predicted molar refractivity (Wildman–Crippen MR) is 78.3 cm³/mol. The Labute approximate surface area is 139 Å². The second-order valence-corrected chi connectivity index (χ2v) is 6.83. The first kappa shape index (κ1) is 17.9. The lowest BCUT2D eigenvalue weighted by atomic mass is 10.2. The molecule has 1 aromatic heterocycles. The fourth-order valence-corrected chi connectivity index (χ4v) is 2.47. The zero-order valence-corrected chi connectivity index (χ0v) is 14.4. The van der Waals surface area contributed by atoms with Crippen LogP contribution in [0.4, 0.5) is 18.0 Å². The molecule has 2 heterocycles. The van der Waals surface area contributed by atoms with E-state index in [-0.39, 0.29) is 23.4 Å². The number of nitrogens with zero attached hydrogens (tertiary/aromatic N) is 3. The van der Waals surface area contributed by atoms with E-state index in [9.17, 15) is 18.0 Å². The van der Waals surface area contributed by atoms with Gasteiger partial charge >= 0.3 is 12.6 Å². The van der Waals surface area contributed by atoms with Gasteiger partial charge in [0.1, 0.15) is 11.7 Å². The third-order valence-corrected chi connectivity index (χ3v) is 3.77. The van der Waals surface area contributed by atoms with Gasteiger partial charge < -0.3 is 14.4 Å². The summed E-state index contributed by atoms with van der Waals surface area (Å²) in [5, 5.41) is 3.45. The highest BCUT2D eigenvalue weighted by atomic mass is 79.9. The summed E-state index contributed by atoms with van der Waals surface area (Å²) in [6, 6.07) is 0. The molecule has 0 aromatic carbocycles. The number of halogens is 4. The molecular weight excluding hydrogens is 383 g/mol. The van der Waals surface area contributed by atoms with Gasteiger partial charge in [-0.2, -0.15) is 18.6 Å². The van der Waals surface area contributed by atoms with Crippen LogP contribution in [0.25, 0.3) is 0 Å². The standard InChI is InChI=1S/C13H17BrF3N3O3/c1-13(2,3)23-12(21)19-5-7(15)9(6-19)22-8-4-18-20(10(8)14)11(16)17/h4,7,9,11H,5-6H2,1-3H3/t7-,9+/m0/s1. The SMILES string of the molecule is CC(C)(C)OC(=O)N1C[C@H](F)[C@H](Oc2cnn(C(F)F)c2Br)C1. The van der Waals surface area contributed by atoms with E-state index in [0.29, 0.717) is 4.68 Å². The van der Waals surface area contributed by atoms with Crippen molar-refractivity contribution in [3.63, 3.8) is 0 Å². The molecule has 1 amide bonds. The van der Waals surface area contributed by atoms with Crippen molar-refractivity contribution in [2.45, 2.75) is 45.2 Å². The largest absolute Gasteiger partial charge is 0.481 e. The maximum absolute atomic E-state index is 14.0. The molecule has 1 fully saturated rings. The normalized spacial score (nSPS) is 21.8. The number of aromatic nitrogens is 2. The monoisotopic (exact) mass is 399 g/mol. The van der Waals surface area contributed by atoms with Crippen LogP contribution >= 0.6 is 15.9 Å². The number of hydrogen-bond acceptors (Lipinski definition) is 4. The molecule has 10 heteroatoms. The van der Waals surface area contributed by atoms with E-state index < -0.39 is 30.5 Å². The van der Waals surface area contributed by atoms with Crippen LogP contribution in [-0.4, -0.2) is 51.7 Å². The molecule has 2 rings (SSSR count). The van der Waals surface area contributed by atoms with Crippen LogP contribution in [0, 0.1) is 0 Å². The smallest absolute Gasteiger partial charge is 0.410 e. The lowest BCUT2D eigenvalue weighted by Gasteiger charge is -2.24. The molecule has 0 radical (unpaired) electrons. The summed E-state index contributed by atoms with van der Waals surface area (Å²) in [4.78, 5) is 13.1. The van der Waals surface area contributed by atoms with Crippen molar-refractivity contribution in [1.29, 1.82) is 0 Å². The van der Waals surface area contributed by atoms with Crippen LogP contribution in [0.2, 0.25) is 0 Å². The first-order valence-electron chi connectivity index (χ1n) is 6.88. The number of ether oxygens (including phenoxy) is 2. The van der Waals surface area contributed by atoms with Gasteiger partial charge in [-0.1, -0.05) is 0 Å². The van der Waals surface area contributed by atoms with Gasteiger partial charge in [0.15, 0.2) is 16.5 Å². The summed E-state index contributed by atoms with van der Waals surface area (Å²) in [6.45, 7) is 2.06. The Hall–Kier alpha value is -1.45. The molecule has 0 spiro atoms. The van der Waals surface area contributed by atoms with Crippen LogP contribution in [0.3, 0.4) is 0 Å². The minimum Gasteiger partial charge on any atom is -0.481 e. The molecule has 1 aliphatic rings. The van der Waals surface area contributed by atoms with Gasteiger partial charge in [0.25, 0.3) is 0 Å². The summed E-state index contributed by atoms with van der Waals surface area (Å²) < 4.78 is 50.2. The second-order valence-electron chi connectivity index (χ2n) is 6.08.